The summed E-state index contributed by atoms with van der Waals surface area (Å²) in [4.78, 5) is 2.65. The number of halogens is 6. The van der Waals surface area contributed by atoms with Crippen molar-refractivity contribution >= 4 is 105 Å². The van der Waals surface area contributed by atoms with E-state index in [1.54, 1.807) is 10.8 Å². The van der Waals surface area contributed by atoms with Crippen LogP contribution in [0.3, 0.4) is 0 Å². The number of rotatable bonds is 6. The molecule has 2 aromatic rings. The van der Waals surface area contributed by atoms with E-state index in [4.69, 9.17) is 69.6 Å². The molecular weight excluding hydrogens is 525 g/mol. The van der Waals surface area contributed by atoms with Crippen LogP contribution in [0.25, 0.3) is 0 Å². The molecule has 0 spiro atoms. The number of hydrogen-bond donors (Lipinski definition) is 0. The molecule has 0 bridgehead atoms. The molecule has 0 atom stereocenters. The molecule has 0 unspecified atom stereocenters. The highest BCUT2D eigenvalue weighted by Gasteiger charge is 2.24. The van der Waals surface area contributed by atoms with Crippen LogP contribution in [0, 0.1) is 13.8 Å². The second-order valence-corrected chi connectivity index (χ2v) is 10.4. The molecule has 0 heterocycles. The van der Waals surface area contributed by atoms with Gasteiger partial charge in [0, 0.05) is 9.79 Å². The molecule has 0 amide bonds. The van der Waals surface area contributed by atoms with Gasteiger partial charge in [0.05, 0.1) is 39.9 Å². The molecule has 0 aliphatic carbocycles. The summed E-state index contributed by atoms with van der Waals surface area (Å²) >= 11 is 43.0. The first-order valence-corrected chi connectivity index (χ1v) is 12.1. The maximum Gasteiger partial charge on any atom is 0.0758 e. The minimum Gasteiger partial charge on any atom is -0.0967 e. The van der Waals surface area contributed by atoms with E-state index in [-0.39, 0.29) is 0 Å². The molecular formula is C18H12Cl6S3. The summed E-state index contributed by atoms with van der Waals surface area (Å²) in [6.45, 7) is 11.1. The van der Waals surface area contributed by atoms with E-state index in [9.17, 15) is 0 Å². The minimum atomic E-state index is 0.326. The lowest BCUT2D eigenvalue weighted by molar-refractivity contribution is 1.22. The van der Waals surface area contributed by atoms with Crippen LogP contribution >= 0.6 is 105 Å². The van der Waals surface area contributed by atoms with Crippen molar-refractivity contribution in [1.29, 1.82) is 0 Å². The average molecular weight is 537 g/mol. The van der Waals surface area contributed by atoms with Gasteiger partial charge in [-0.15, -0.1) is 0 Å². The van der Waals surface area contributed by atoms with Gasteiger partial charge in [-0.2, -0.15) is 0 Å². The Hall–Kier alpha value is 0.710. The van der Waals surface area contributed by atoms with E-state index < -0.39 is 0 Å². The Morgan fingerprint density at radius 2 is 0.852 bits per heavy atom. The second-order valence-electron chi connectivity index (χ2n) is 5.12. The van der Waals surface area contributed by atoms with E-state index in [0.29, 0.717) is 39.9 Å². The molecule has 0 aromatic heterocycles. The van der Waals surface area contributed by atoms with Gasteiger partial charge in [0.2, 0.25) is 0 Å². The Labute approximate surface area is 201 Å². The number of hydrogen-bond acceptors (Lipinski definition) is 3. The lowest BCUT2D eigenvalue weighted by Gasteiger charge is -2.18. The molecule has 0 nitrogen and oxygen atoms in total. The Kier molecular flexibility index (Phi) is 9.01. The summed E-state index contributed by atoms with van der Waals surface area (Å²) in [7, 11) is 0. The van der Waals surface area contributed by atoms with E-state index in [0.717, 1.165) is 20.9 Å². The molecule has 0 fully saturated rings. The van der Waals surface area contributed by atoms with Crippen molar-refractivity contribution in [2.45, 2.75) is 33.4 Å². The third-order valence-corrected chi connectivity index (χ3v) is 9.90. The largest absolute Gasteiger partial charge is 0.0967 e. The summed E-state index contributed by atoms with van der Waals surface area (Å²) < 4.78 is 0. The van der Waals surface area contributed by atoms with Gasteiger partial charge in [-0.25, -0.2) is 0 Å². The zero-order valence-electron chi connectivity index (χ0n) is 14.1. The molecule has 0 aliphatic rings. The van der Waals surface area contributed by atoms with Gasteiger partial charge in [-0.05, 0) is 35.8 Å². The second kappa shape index (κ2) is 10.1. The standard InChI is InChI=1S/C18H12Cl6S3/c1-5-25-15-7(3)9(19)17(13(23)11(15)21)27-18-10(20)8(4)16(26-6-2)12(22)14(18)24/h5-6H,1-2H2,3-4H3. The Morgan fingerprint density at radius 1 is 0.556 bits per heavy atom. The summed E-state index contributed by atoms with van der Waals surface area (Å²) in [5, 5.41) is 5.74. The van der Waals surface area contributed by atoms with Gasteiger partial charge in [0.1, 0.15) is 0 Å². The van der Waals surface area contributed by atoms with Gasteiger partial charge in [-0.3, -0.25) is 0 Å². The maximum absolute atomic E-state index is 6.58. The molecule has 9 heteroatoms. The van der Waals surface area contributed by atoms with Crippen molar-refractivity contribution in [3.8, 4) is 0 Å². The molecule has 0 N–H and O–H groups in total. The van der Waals surface area contributed by atoms with Crippen LogP contribution in [0.15, 0.2) is 43.6 Å². The molecule has 0 aliphatic heterocycles. The topological polar surface area (TPSA) is 0 Å². The van der Waals surface area contributed by atoms with Crippen molar-refractivity contribution in [2.24, 2.45) is 0 Å². The van der Waals surface area contributed by atoms with Crippen molar-refractivity contribution in [3.63, 3.8) is 0 Å². The van der Waals surface area contributed by atoms with Crippen molar-refractivity contribution in [3.05, 3.63) is 65.2 Å². The molecule has 27 heavy (non-hydrogen) atoms. The number of thioether (sulfide) groups is 2. The molecule has 0 saturated carbocycles. The van der Waals surface area contributed by atoms with Gasteiger partial charge in [0.15, 0.2) is 0 Å². The first kappa shape index (κ1) is 24.0. The molecule has 2 aromatic carbocycles. The fourth-order valence-electron chi connectivity index (χ4n) is 2.19. The van der Waals surface area contributed by atoms with Gasteiger partial charge in [-0.1, -0.05) is 118 Å². The molecule has 0 radical (unpaired) electrons. The van der Waals surface area contributed by atoms with Crippen LogP contribution in [-0.4, -0.2) is 0 Å². The quantitative estimate of drug-likeness (QED) is 0.266. The highest BCUT2D eigenvalue weighted by Crippen LogP contribution is 2.53. The highest BCUT2D eigenvalue weighted by molar-refractivity contribution is 8.02. The maximum atomic E-state index is 6.58. The predicted molar refractivity (Wildman–Crippen MR) is 129 cm³/mol. The zero-order chi connectivity index (χ0) is 20.5. The summed E-state index contributed by atoms with van der Waals surface area (Å²) in [6.07, 6.45) is 0. The summed E-state index contributed by atoms with van der Waals surface area (Å²) in [5.74, 6) is 0. The Morgan fingerprint density at radius 3 is 1.15 bits per heavy atom. The Balaban J connectivity index is 2.68. The van der Waals surface area contributed by atoms with Crippen LogP contribution in [0.2, 0.25) is 30.1 Å². The summed E-state index contributed by atoms with van der Waals surface area (Å²) in [6, 6.07) is 0. The first-order chi connectivity index (χ1) is 12.7. The SMILES string of the molecule is C=CSc1c(C)c(Cl)c(Sc2c(Cl)c(C)c(SC=C)c(Cl)c2Cl)c(Cl)c1Cl. The van der Waals surface area contributed by atoms with Crippen LogP contribution in [0.5, 0.6) is 0 Å². The van der Waals surface area contributed by atoms with Crippen molar-refractivity contribution in [1.82, 2.24) is 0 Å². The molecule has 2 rings (SSSR count). The van der Waals surface area contributed by atoms with Crippen LogP contribution in [0.1, 0.15) is 11.1 Å². The van der Waals surface area contributed by atoms with E-state index in [1.165, 1.54) is 35.3 Å². The van der Waals surface area contributed by atoms with Crippen LogP contribution < -0.4 is 0 Å². The van der Waals surface area contributed by atoms with Crippen LogP contribution in [-0.2, 0) is 0 Å². The fourth-order valence-corrected chi connectivity index (χ4v) is 6.96. The van der Waals surface area contributed by atoms with E-state index >= 15 is 0 Å². The number of benzene rings is 2. The van der Waals surface area contributed by atoms with Gasteiger partial charge in [0.25, 0.3) is 0 Å². The van der Waals surface area contributed by atoms with E-state index in [1.807, 2.05) is 13.8 Å². The lowest BCUT2D eigenvalue weighted by atomic mass is 10.2. The first-order valence-electron chi connectivity index (χ1n) is 7.24. The third-order valence-electron chi connectivity index (χ3n) is 3.53. The van der Waals surface area contributed by atoms with Crippen molar-refractivity contribution in [2.75, 3.05) is 0 Å². The highest BCUT2D eigenvalue weighted by atomic mass is 35.5. The smallest absolute Gasteiger partial charge is 0.0758 e. The van der Waals surface area contributed by atoms with Crippen molar-refractivity contribution < 1.29 is 0 Å². The van der Waals surface area contributed by atoms with E-state index in [2.05, 4.69) is 13.2 Å². The zero-order valence-corrected chi connectivity index (χ0v) is 21.0. The van der Waals surface area contributed by atoms with Gasteiger partial charge < -0.3 is 0 Å². The van der Waals surface area contributed by atoms with Crippen LogP contribution in [0.4, 0.5) is 0 Å². The van der Waals surface area contributed by atoms with Gasteiger partial charge >= 0.3 is 0 Å². The lowest BCUT2D eigenvalue weighted by Crippen LogP contribution is -1.92. The predicted octanol–water partition coefficient (Wildman–Crippen LogP) is 10.8. The Bertz CT molecular complexity index is 806. The summed E-state index contributed by atoms with van der Waals surface area (Å²) in [5.41, 5.74) is 1.60. The molecule has 0 saturated heterocycles. The normalized spacial score (nSPS) is 11.0. The average Bonchev–Trinajstić information content (AvgIpc) is 2.65. The molecule has 144 valence electrons. The fraction of sp³-hybridized carbons (Fsp3) is 0.111. The monoisotopic (exact) mass is 534 g/mol. The third kappa shape index (κ3) is 4.73. The minimum absolute atomic E-state index is 0.326.